The van der Waals surface area contributed by atoms with E-state index < -0.39 is 10.0 Å². The predicted octanol–water partition coefficient (Wildman–Crippen LogP) is 1.81. The molecule has 0 atom stereocenters. The van der Waals surface area contributed by atoms with Gasteiger partial charge >= 0.3 is 5.97 Å². The third-order valence-electron chi connectivity index (χ3n) is 3.09. The Morgan fingerprint density at radius 2 is 2.00 bits per heavy atom. The minimum Gasteiger partial charge on any atom is -0.462 e. The van der Waals surface area contributed by atoms with E-state index in [9.17, 15) is 13.2 Å². The molecule has 1 saturated carbocycles. The highest BCUT2D eigenvalue weighted by Gasteiger charge is 2.19. The fourth-order valence-electron chi connectivity index (χ4n) is 2.16. The number of primary sulfonamides is 1. The second-order valence-electron chi connectivity index (χ2n) is 4.69. The molecule has 0 radical (unpaired) electrons. The number of ether oxygens (including phenoxy) is 1. The number of hydrogen-bond donors (Lipinski definition) is 1. The Hall–Kier alpha value is -0.920. The topological polar surface area (TPSA) is 86.5 Å². The third kappa shape index (κ3) is 4.29. The molecule has 1 aliphatic carbocycles. The van der Waals surface area contributed by atoms with Gasteiger partial charge < -0.3 is 4.74 Å². The van der Waals surface area contributed by atoms with Crippen LogP contribution in [0.3, 0.4) is 0 Å². The standard InChI is InChI=1S/C12H17NO4S2/c13-19(15,16)12-7-6-10(18-12)8-11(14)17-9-4-2-1-3-5-9/h6-7,9H,1-5,8H2,(H2,13,15,16). The molecule has 7 heteroatoms. The predicted molar refractivity (Wildman–Crippen MR) is 72.4 cm³/mol. The second-order valence-corrected chi connectivity index (χ2v) is 7.65. The molecule has 0 aromatic carbocycles. The number of sulfonamides is 1. The first-order valence-electron chi connectivity index (χ1n) is 6.26. The first kappa shape index (κ1) is 14.5. The highest BCUT2D eigenvalue weighted by atomic mass is 32.2. The van der Waals surface area contributed by atoms with Crippen LogP contribution < -0.4 is 5.14 Å². The molecule has 1 aliphatic rings. The van der Waals surface area contributed by atoms with Crippen molar-refractivity contribution in [1.29, 1.82) is 0 Å². The van der Waals surface area contributed by atoms with Crippen LogP contribution in [-0.2, 0) is 26.0 Å². The van der Waals surface area contributed by atoms with E-state index in [-0.39, 0.29) is 22.7 Å². The molecular formula is C12H17NO4S2. The summed E-state index contributed by atoms with van der Waals surface area (Å²) in [4.78, 5) is 12.4. The Balaban J connectivity index is 1.90. The molecule has 5 nitrogen and oxygen atoms in total. The molecular weight excluding hydrogens is 286 g/mol. The van der Waals surface area contributed by atoms with E-state index in [2.05, 4.69) is 0 Å². The number of nitrogens with two attached hydrogens (primary N) is 1. The van der Waals surface area contributed by atoms with Gasteiger partial charge in [0.1, 0.15) is 10.3 Å². The van der Waals surface area contributed by atoms with Crippen LogP contribution in [0.2, 0.25) is 0 Å². The maximum absolute atomic E-state index is 11.7. The van der Waals surface area contributed by atoms with Gasteiger partial charge in [-0.3, -0.25) is 4.79 Å². The van der Waals surface area contributed by atoms with Crippen molar-refractivity contribution in [3.63, 3.8) is 0 Å². The molecule has 0 aliphatic heterocycles. The molecule has 1 aromatic rings. The molecule has 19 heavy (non-hydrogen) atoms. The lowest BCUT2D eigenvalue weighted by Crippen LogP contribution is -2.21. The summed E-state index contributed by atoms with van der Waals surface area (Å²) in [5.74, 6) is -0.297. The summed E-state index contributed by atoms with van der Waals surface area (Å²) in [5, 5.41) is 5.02. The van der Waals surface area contributed by atoms with Crippen molar-refractivity contribution in [2.45, 2.75) is 48.8 Å². The normalized spacial score (nSPS) is 17.3. The van der Waals surface area contributed by atoms with Gasteiger partial charge in [0.2, 0.25) is 10.0 Å². The minimum atomic E-state index is -3.68. The smallest absolute Gasteiger partial charge is 0.311 e. The zero-order chi connectivity index (χ0) is 13.9. The van der Waals surface area contributed by atoms with E-state index in [0.717, 1.165) is 37.0 Å². The maximum atomic E-state index is 11.7. The Morgan fingerprint density at radius 3 is 2.58 bits per heavy atom. The molecule has 2 rings (SSSR count). The minimum absolute atomic E-state index is 0.0268. The lowest BCUT2D eigenvalue weighted by Gasteiger charge is -2.21. The maximum Gasteiger partial charge on any atom is 0.311 e. The average molecular weight is 303 g/mol. The van der Waals surface area contributed by atoms with Gasteiger partial charge in [0.05, 0.1) is 6.42 Å². The summed E-state index contributed by atoms with van der Waals surface area (Å²) in [6.07, 6.45) is 5.41. The number of carbonyl (C=O) groups is 1. The van der Waals surface area contributed by atoms with Crippen LogP contribution in [0.15, 0.2) is 16.3 Å². The zero-order valence-electron chi connectivity index (χ0n) is 10.5. The van der Waals surface area contributed by atoms with Crippen LogP contribution in [0.5, 0.6) is 0 Å². The van der Waals surface area contributed by atoms with Crippen molar-refractivity contribution in [2.75, 3.05) is 0 Å². The van der Waals surface area contributed by atoms with Gasteiger partial charge in [-0.05, 0) is 37.8 Å². The Bertz CT molecular complexity index is 544. The van der Waals surface area contributed by atoms with E-state index in [4.69, 9.17) is 9.88 Å². The van der Waals surface area contributed by atoms with E-state index in [1.165, 1.54) is 12.5 Å². The zero-order valence-corrected chi connectivity index (χ0v) is 12.1. The molecule has 0 unspecified atom stereocenters. The van der Waals surface area contributed by atoms with Gasteiger partial charge in [-0.15, -0.1) is 11.3 Å². The Morgan fingerprint density at radius 1 is 1.32 bits per heavy atom. The fraction of sp³-hybridized carbons (Fsp3) is 0.583. The Kier molecular flexibility index (Phi) is 4.59. The van der Waals surface area contributed by atoms with Crippen molar-refractivity contribution >= 4 is 27.3 Å². The van der Waals surface area contributed by atoms with Crippen molar-refractivity contribution < 1.29 is 17.9 Å². The molecule has 0 spiro atoms. The fourth-order valence-corrected chi connectivity index (χ4v) is 3.92. The summed E-state index contributed by atoms with van der Waals surface area (Å²) < 4.78 is 27.7. The molecule has 1 aromatic heterocycles. The first-order valence-corrected chi connectivity index (χ1v) is 8.62. The molecule has 106 valence electrons. The van der Waals surface area contributed by atoms with Gasteiger partial charge in [-0.1, -0.05) is 6.42 Å². The van der Waals surface area contributed by atoms with Gasteiger partial charge in [-0.2, -0.15) is 0 Å². The van der Waals surface area contributed by atoms with Crippen molar-refractivity contribution in [3.05, 3.63) is 17.0 Å². The summed E-state index contributed by atoms with van der Waals surface area (Å²) in [6.45, 7) is 0. The Labute approximate surface area is 116 Å². The van der Waals surface area contributed by atoms with Crippen LogP contribution in [0.4, 0.5) is 0 Å². The van der Waals surface area contributed by atoms with E-state index in [1.54, 1.807) is 6.07 Å². The highest BCUT2D eigenvalue weighted by Crippen LogP contribution is 2.23. The third-order valence-corrected chi connectivity index (χ3v) is 5.61. The van der Waals surface area contributed by atoms with Crippen LogP contribution in [-0.4, -0.2) is 20.5 Å². The second kappa shape index (κ2) is 6.02. The first-order chi connectivity index (χ1) is 8.95. The largest absolute Gasteiger partial charge is 0.462 e. The lowest BCUT2D eigenvalue weighted by atomic mass is 9.98. The summed E-state index contributed by atoms with van der Waals surface area (Å²) >= 11 is 1.02. The summed E-state index contributed by atoms with van der Waals surface area (Å²) in [5.41, 5.74) is 0. The SMILES string of the molecule is NS(=O)(=O)c1ccc(CC(=O)OC2CCCCC2)s1. The van der Waals surface area contributed by atoms with Crippen LogP contribution in [0.1, 0.15) is 37.0 Å². The number of esters is 1. The van der Waals surface area contributed by atoms with Gasteiger partial charge in [-0.25, -0.2) is 13.6 Å². The molecule has 0 bridgehead atoms. The van der Waals surface area contributed by atoms with E-state index in [1.807, 2.05) is 0 Å². The van der Waals surface area contributed by atoms with Gasteiger partial charge in [0.15, 0.2) is 0 Å². The molecule has 1 heterocycles. The van der Waals surface area contributed by atoms with Gasteiger partial charge in [0.25, 0.3) is 0 Å². The number of hydrogen-bond acceptors (Lipinski definition) is 5. The molecule has 0 saturated heterocycles. The molecule has 0 amide bonds. The van der Waals surface area contributed by atoms with Crippen LogP contribution in [0.25, 0.3) is 0 Å². The molecule has 2 N–H and O–H groups in total. The number of thiophene rings is 1. The highest BCUT2D eigenvalue weighted by molar-refractivity contribution is 7.91. The quantitative estimate of drug-likeness (QED) is 0.859. The number of rotatable bonds is 4. The average Bonchev–Trinajstić information content (AvgIpc) is 2.78. The van der Waals surface area contributed by atoms with Crippen LogP contribution >= 0.6 is 11.3 Å². The number of carbonyl (C=O) groups excluding carboxylic acids is 1. The summed E-state index contributed by atoms with van der Waals surface area (Å²) in [7, 11) is -3.68. The van der Waals surface area contributed by atoms with Crippen LogP contribution in [0, 0.1) is 0 Å². The summed E-state index contributed by atoms with van der Waals surface area (Å²) in [6, 6.07) is 3.02. The van der Waals surface area contributed by atoms with Crippen molar-refractivity contribution in [1.82, 2.24) is 0 Å². The van der Waals surface area contributed by atoms with E-state index >= 15 is 0 Å². The van der Waals surface area contributed by atoms with Crippen molar-refractivity contribution in [2.24, 2.45) is 5.14 Å². The molecule has 1 fully saturated rings. The monoisotopic (exact) mass is 303 g/mol. The lowest BCUT2D eigenvalue weighted by molar-refractivity contribution is -0.149. The van der Waals surface area contributed by atoms with Gasteiger partial charge in [0, 0.05) is 4.88 Å². The van der Waals surface area contributed by atoms with Crippen molar-refractivity contribution in [3.8, 4) is 0 Å². The van der Waals surface area contributed by atoms with E-state index in [0.29, 0.717) is 4.88 Å².